The van der Waals surface area contributed by atoms with Crippen LogP contribution in [0.25, 0.3) is 0 Å². The van der Waals surface area contributed by atoms with Crippen molar-refractivity contribution in [3.05, 3.63) is 24.0 Å². The molecule has 2 aliphatic rings. The molecular weight excluding hydrogens is 374 g/mol. The number of hydrogen-bond donors (Lipinski definition) is 1. The zero-order chi connectivity index (χ0) is 20.4. The Balaban J connectivity index is 1.22. The van der Waals surface area contributed by atoms with Crippen LogP contribution in [0.4, 0.5) is 5.69 Å². The predicted octanol–water partition coefficient (Wildman–Crippen LogP) is 0.359. The quantitative estimate of drug-likeness (QED) is 0.355. The van der Waals surface area contributed by atoms with Gasteiger partial charge in [0.1, 0.15) is 5.41 Å². The van der Waals surface area contributed by atoms with Gasteiger partial charge in [0, 0.05) is 32.3 Å². The molecule has 1 amide bonds. The molecule has 2 aliphatic heterocycles. The van der Waals surface area contributed by atoms with Gasteiger partial charge in [-0.2, -0.15) is 0 Å². The van der Waals surface area contributed by atoms with E-state index in [2.05, 4.69) is 16.2 Å². The lowest BCUT2D eigenvalue weighted by atomic mass is 9.77. The van der Waals surface area contributed by atoms with E-state index in [0.717, 1.165) is 11.3 Å². The number of amides is 1. The molecule has 29 heavy (non-hydrogen) atoms. The molecule has 1 aromatic rings. The van der Waals surface area contributed by atoms with Crippen LogP contribution in [0.5, 0.6) is 0 Å². The minimum absolute atomic E-state index is 0.138. The lowest BCUT2D eigenvalue weighted by Crippen LogP contribution is -2.62. The molecule has 0 atom stereocenters. The van der Waals surface area contributed by atoms with Crippen LogP contribution in [0, 0.1) is 12.3 Å². The molecule has 0 saturated carbocycles. The van der Waals surface area contributed by atoms with E-state index < -0.39 is 5.41 Å². The summed E-state index contributed by atoms with van der Waals surface area (Å²) in [6.45, 7) is 5.97. The van der Waals surface area contributed by atoms with Crippen LogP contribution in [0.15, 0.2) is 18.5 Å². The number of nitrogens with one attached hydrogen (secondary N) is 1. The fraction of sp³-hybridized carbons (Fsp3) is 0.619. The monoisotopic (exact) mass is 403 g/mol. The largest absolute Gasteiger partial charge is 0.378 e. The molecular formula is C21H29N3O5. The number of pyridine rings is 1. The van der Waals surface area contributed by atoms with Crippen molar-refractivity contribution in [1.82, 2.24) is 10.3 Å². The Morgan fingerprint density at radius 3 is 2.24 bits per heavy atom. The Morgan fingerprint density at radius 1 is 1.03 bits per heavy atom. The van der Waals surface area contributed by atoms with E-state index in [1.807, 2.05) is 6.07 Å². The van der Waals surface area contributed by atoms with Crippen molar-refractivity contribution < 1.29 is 23.7 Å². The van der Waals surface area contributed by atoms with Crippen LogP contribution in [0.3, 0.4) is 0 Å². The molecule has 1 fully saturated rings. The van der Waals surface area contributed by atoms with Gasteiger partial charge in [0.15, 0.2) is 0 Å². The highest BCUT2D eigenvalue weighted by Gasteiger charge is 2.54. The molecule has 158 valence electrons. The summed E-state index contributed by atoms with van der Waals surface area (Å²) in [5.41, 5.74) is 1.56. The number of rotatable bonds is 14. The van der Waals surface area contributed by atoms with Crippen LogP contribution in [0.2, 0.25) is 0 Å². The maximum absolute atomic E-state index is 12.9. The number of carbonyl (C=O) groups excluding carboxylic acids is 1. The average Bonchev–Trinajstić information content (AvgIpc) is 2.96. The molecule has 0 aromatic carbocycles. The second-order valence-corrected chi connectivity index (χ2v) is 6.94. The molecule has 1 spiro atoms. The third-order valence-electron chi connectivity index (χ3n) is 5.08. The van der Waals surface area contributed by atoms with Gasteiger partial charge in [-0.05, 0) is 11.6 Å². The Kier molecular flexibility index (Phi) is 8.40. The molecule has 0 unspecified atom stereocenters. The number of aromatic nitrogens is 1. The number of terminal acetylenes is 1. The highest BCUT2D eigenvalue weighted by Crippen LogP contribution is 2.43. The van der Waals surface area contributed by atoms with Crippen molar-refractivity contribution in [3.8, 4) is 12.3 Å². The van der Waals surface area contributed by atoms with Crippen molar-refractivity contribution in [1.29, 1.82) is 0 Å². The smallest absolute Gasteiger partial charge is 0.240 e. The van der Waals surface area contributed by atoms with Crippen molar-refractivity contribution in [3.63, 3.8) is 0 Å². The van der Waals surface area contributed by atoms with Crippen LogP contribution in [-0.4, -0.2) is 83.4 Å². The maximum Gasteiger partial charge on any atom is 0.240 e. The van der Waals surface area contributed by atoms with Gasteiger partial charge in [-0.1, -0.05) is 0 Å². The van der Waals surface area contributed by atoms with Gasteiger partial charge in [0.25, 0.3) is 0 Å². The molecule has 1 N–H and O–H groups in total. The van der Waals surface area contributed by atoms with E-state index >= 15 is 0 Å². The van der Waals surface area contributed by atoms with Gasteiger partial charge in [-0.15, -0.1) is 12.3 Å². The van der Waals surface area contributed by atoms with E-state index in [1.165, 1.54) is 0 Å². The second-order valence-electron chi connectivity index (χ2n) is 6.94. The first-order chi connectivity index (χ1) is 14.3. The molecule has 1 saturated heterocycles. The summed E-state index contributed by atoms with van der Waals surface area (Å²) in [5.74, 6) is 2.65. The Bertz CT molecular complexity index is 702. The van der Waals surface area contributed by atoms with E-state index in [1.54, 1.807) is 17.3 Å². The zero-order valence-electron chi connectivity index (χ0n) is 16.7. The Labute approximate surface area is 171 Å². The molecule has 1 aromatic heterocycles. The van der Waals surface area contributed by atoms with Gasteiger partial charge in [-0.3, -0.25) is 9.78 Å². The van der Waals surface area contributed by atoms with Gasteiger partial charge in [0.05, 0.1) is 64.7 Å². The summed E-state index contributed by atoms with van der Waals surface area (Å²) < 4.78 is 21.8. The van der Waals surface area contributed by atoms with Crippen molar-refractivity contribution in [2.75, 3.05) is 77.4 Å². The van der Waals surface area contributed by atoms with Crippen molar-refractivity contribution >= 4 is 11.6 Å². The van der Waals surface area contributed by atoms with Gasteiger partial charge in [0.2, 0.25) is 5.91 Å². The third kappa shape index (κ3) is 5.32. The fourth-order valence-electron chi connectivity index (χ4n) is 3.48. The van der Waals surface area contributed by atoms with E-state index in [9.17, 15) is 4.79 Å². The topological polar surface area (TPSA) is 82.2 Å². The van der Waals surface area contributed by atoms with Gasteiger partial charge >= 0.3 is 0 Å². The van der Waals surface area contributed by atoms with Crippen molar-refractivity contribution in [2.24, 2.45) is 0 Å². The predicted molar refractivity (Wildman–Crippen MR) is 108 cm³/mol. The zero-order valence-corrected chi connectivity index (χ0v) is 16.7. The summed E-state index contributed by atoms with van der Waals surface area (Å²) in [5, 5.41) is 3.22. The van der Waals surface area contributed by atoms with Gasteiger partial charge in [-0.25, -0.2) is 0 Å². The summed E-state index contributed by atoms with van der Waals surface area (Å²) in [6, 6.07) is 1.95. The average molecular weight is 403 g/mol. The second kappa shape index (κ2) is 11.2. The highest BCUT2D eigenvalue weighted by atomic mass is 16.6. The highest BCUT2D eigenvalue weighted by molar-refractivity contribution is 6.09. The Hall–Kier alpha value is -2.02. The normalized spacial score (nSPS) is 16.7. The lowest BCUT2D eigenvalue weighted by molar-refractivity contribution is -0.125. The van der Waals surface area contributed by atoms with E-state index in [-0.39, 0.29) is 5.91 Å². The van der Waals surface area contributed by atoms with Crippen LogP contribution in [-0.2, 0) is 29.2 Å². The maximum atomic E-state index is 12.9. The first-order valence-electron chi connectivity index (χ1n) is 10.0. The van der Waals surface area contributed by atoms with Crippen LogP contribution < -0.4 is 10.2 Å². The minimum atomic E-state index is -0.409. The first-order valence-corrected chi connectivity index (χ1v) is 10.0. The summed E-state index contributed by atoms with van der Waals surface area (Å²) >= 11 is 0. The van der Waals surface area contributed by atoms with Crippen LogP contribution in [0.1, 0.15) is 12.0 Å². The summed E-state index contributed by atoms with van der Waals surface area (Å²) in [7, 11) is 0. The fourth-order valence-corrected chi connectivity index (χ4v) is 3.48. The molecule has 3 heterocycles. The van der Waals surface area contributed by atoms with Gasteiger partial charge < -0.3 is 29.2 Å². The number of ether oxygens (including phenoxy) is 4. The SMILES string of the molecule is C#CCCOCCOCCOCCOCCN1C(=O)C2(CNC2)c2ccncc21. The van der Waals surface area contributed by atoms with Crippen molar-refractivity contribution in [2.45, 2.75) is 11.8 Å². The number of anilines is 1. The number of carbonyl (C=O) groups is 1. The summed E-state index contributed by atoms with van der Waals surface area (Å²) in [4.78, 5) is 18.9. The lowest BCUT2D eigenvalue weighted by Gasteiger charge is -2.37. The molecule has 0 aliphatic carbocycles. The molecule has 8 nitrogen and oxygen atoms in total. The Morgan fingerprint density at radius 2 is 1.66 bits per heavy atom. The first kappa shape index (κ1) is 21.7. The molecule has 0 radical (unpaired) electrons. The number of fused-ring (bicyclic) bond motifs is 2. The summed E-state index contributed by atoms with van der Waals surface area (Å²) in [6.07, 6.45) is 9.27. The minimum Gasteiger partial charge on any atom is -0.378 e. The molecule has 0 bridgehead atoms. The van der Waals surface area contributed by atoms with E-state index in [0.29, 0.717) is 78.9 Å². The van der Waals surface area contributed by atoms with Crippen LogP contribution >= 0.6 is 0 Å². The number of nitrogens with zero attached hydrogens (tertiary/aromatic N) is 2. The third-order valence-corrected chi connectivity index (χ3v) is 5.08. The van der Waals surface area contributed by atoms with E-state index in [4.69, 9.17) is 25.4 Å². The molecule has 3 rings (SSSR count). The molecule has 8 heteroatoms. The number of hydrogen-bond acceptors (Lipinski definition) is 7. The standard InChI is InChI=1S/C21H29N3O5/c1-2-3-7-26-9-11-28-13-14-29-12-10-27-8-6-24-19-15-22-5-4-18(19)21(20(24)25)16-23-17-21/h1,4-5,15,23H,3,6-14,16-17H2.